The fraction of sp³-hybridized carbons (Fsp3) is 0.692. The van der Waals surface area contributed by atoms with Gasteiger partial charge in [0.2, 0.25) is 0 Å². The molecular formula is C26H44N2O4. The van der Waals surface area contributed by atoms with Crippen LogP contribution in [-0.2, 0) is 9.47 Å². The lowest BCUT2D eigenvalue weighted by Gasteiger charge is -2.15. The first-order valence-corrected chi connectivity index (χ1v) is 12.3. The van der Waals surface area contributed by atoms with E-state index in [1.807, 2.05) is 0 Å². The molecule has 1 aromatic carbocycles. The van der Waals surface area contributed by atoms with Gasteiger partial charge in [0.1, 0.15) is 0 Å². The van der Waals surface area contributed by atoms with Crippen molar-refractivity contribution in [3.63, 3.8) is 0 Å². The Morgan fingerprint density at radius 1 is 0.625 bits per heavy atom. The average molecular weight is 449 g/mol. The molecule has 6 nitrogen and oxygen atoms in total. The van der Waals surface area contributed by atoms with Crippen LogP contribution in [0, 0.1) is 0 Å². The normalized spacial score (nSPS) is 11.2. The van der Waals surface area contributed by atoms with Crippen molar-refractivity contribution in [1.29, 1.82) is 0 Å². The van der Waals surface area contributed by atoms with E-state index in [-0.39, 0.29) is 11.9 Å². The molecule has 0 saturated heterocycles. The topological polar surface area (TPSA) is 59.1 Å². The summed E-state index contributed by atoms with van der Waals surface area (Å²) in [5, 5.41) is 0. The molecule has 182 valence electrons. The van der Waals surface area contributed by atoms with Gasteiger partial charge in [-0.1, -0.05) is 26.7 Å². The second-order valence-corrected chi connectivity index (χ2v) is 8.58. The SMILES string of the molecule is CCCCN(C)CCCCOC(=O)c1ccc(C(=O)OCCCCN(C)CCCC)cc1. The molecule has 0 unspecified atom stereocenters. The average Bonchev–Trinajstić information content (AvgIpc) is 2.80. The molecule has 0 heterocycles. The predicted octanol–water partition coefficient (Wildman–Crippen LogP) is 5.02. The summed E-state index contributed by atoms with van der Waals surface area (Å²) in [6.45, 7) is 9.48. The standard InChI is InChI=1S/C26H44N2O4/c1-5-7-17-27(3)19-9-11-21-31-25(29)23-13-15-24(16-14-23)26(30)32-22-12-10-20-28(4)18-8-6-2/h13-16H,5-12,17-22H2,1-4H3. The van der Waals surface area contributed by atoms with Crippen LogP contribution in [-0.4, -0.2) is 75.2 Å². The van der Waals surface area contributed by atoms with Crippen LogP contribution in [0.1, 0.15) is 85.9 Å². The highest BCUT2D eigenvalue weighted by atomic mass is 16.5. The van der Waals surface area contributed by atoms with Gasteiger partial charge in [-0.3, -0.25) is 0 Å². The van der Waals surface area contributed by atoms with E-state index in [1.54, 1.807) is 24.3 Å². The summed E-state index contributed by atoms with van der Waals surface area (Å²) in [4.78, 5) is 29.0. The van der Waals surface area contributed by atoms with Crippen LogP contribution in [0.25, 0.3) is 0 Å². The highest BCUT2D eigenvalue weighted by Gasteiger charge is 2.11. The Labute approximate surface area is 195 Å². The first-order valence-electron chi connectivity index (χ1n) is 12.3. The molecule has 0 aromatic heterocycles. The van der Waals surface area contributed by atoms with Gasteiger partial charge in [0.25, 0.3) is 0 Å². The zero-order chi connectivity index (χ0) is 23.6. The van der Waals surface area contributed by atoms with Crippen LogP contribution in [0.4, 0.5) is 0 Å². The molecule has 0 aliphatic carbocycles. The van der Waals surface area contributed by atoms with Crippen molar-refractivity contribution in [1.82, 2.24) is 9.80 Å². The van der Waals surface area contributed by atoms with E-state index < -0.39 is 0 Å². The molecule has 0 atom stereocenters. The maximum atomic E-state index is 12.2. The number of nitrogens with zero attached hydrogens (tertiary/aromatic N) is 2. The van der Waals surface area contributed by atoms with Crippen LogP contribution >= 0.6 is 0 Å². The number of hydrogen-bond acceptors (Lipinski definition) is 6. The Balaban J connectivity index is 2.21. The van der Waals surface area contributed by atoms with Crippen molar-refractivity contribution in [2.24, 2.45) is 0 Å². The number of benzene rings is 1. The van der Waals surface area contributed by atoms with Gasteiger partial charge < -0.3 is 19.3 Å². The minimum atomic E-state index is -0.351. The summed E-state index contributed by atoms with van der Waals surface area (Å²) < 4.78 is 10.7. The second kappa shape index (κ2) is 17.6. The van der Waals surface area contributed by atoms with Crippen molar-refractivity contribution >= 4 is 11.9 Å². The number of rotatable bonds is 18. The molecule has 0 bridgehead atoms. The molecule has 0 radical (unpaired) electrons. The largest absolute Gasteiger partial charge is 0.462 e. The first-order chi connectivity index (χ1) is 15.5. The van der Waals surface area contributed by atoms with Crippen molar-refractivity contribution in [3.8, 4) is 0 Å². The lowest BCUT2D eigenvalue weighted by Crippen LogP contribution is -2.21. The van der Waals surface area contributed by atoms with Crippen LogP contribution in [0.15, 0.2) is 24.3 Å². The molecule has 6 heteroatoms. The fourth-order valence-electron chi connectivity index (χ4n) is 3.29. The summed E-state index contributed by atoms with van der Waals surface area (Å²) >= 11 is 0. The number of esters is 2. The Morgan fingerprint density at radius 3 is 1.31 bits per heavy atom. The zero-order valence-electron chi connectivity index (χ0n) is 20.7. The van der Waals surface area contributed by atoms with Gasteiger partial charge in [-0.25, -0.2) is 9.59 Å². The highest BCUT2D eigenvalue weighted by Crippen LogP contribution is 2.09. The van der Waals surface area contributed by atoms with E-state index >= 15 is 0 Å². The molecule has 0 aliphatic rings. The Hall–Kier alpha value is -1.92. The third kappa shape index (κ3) is 12.8. The highest BCUT2D eigenvalue weighted by molar-refractivity contribution is 5.93. The minimum Gasteiger partial charge on any atom is -0.462 e. The minimum absolute atomic E-state index is 0.351. The van der Waals surface area contributed by atoms with E-state index in [0.29, 0.717) is 24.3 Å². The van der Waals surface area contributed by atoms with E-state index in [0.717, 1.165) is 51.9 Å². The quantitative estimate of drug-likeness (QED) is 0.232. The molecule has 1 aromatic rings. The summed E-state index contributed by atoms with van der Waals surface area (Å²) in [7, 11) is 4.25. The zero-order valence-corrected chi connectivity index (χ0v) is 20.7. The van der Waals surface area contributed by atoms with Gasteiger partial charge in [0.15, 0.2) is 0 Å². The summed E-state index contributed by atoms with van der Waals surface area (Å²) in [6.07, 6.45) is 8.55. The third-order valence-electron chi connectivity index (χ3n) is 5.48. The van der Waals surface area contributed by atoms with E-state index in [2.05, 4.69) is 37.7 Å². The number of unbranched alkanes of at least 4 members (excludes halogenated alkanes) is 4. The molecule has 0 fully saturated rings. The van der Waals surface area contributed by atoms with E-state index in [4.69, 9.17) is 9.47 Å². The fourth-order valence-corrected chi connectivity index (χ4v) is 3.29. The maximum Gasteiger partial charge on any atom is 0.338 e. The lowest BCUT2D eigenvalue weighted by molar-refractivity contribution is 0.0481. The number of carbonyl (C=O) groups is 2. The Kier molecular flexibility index (Phi) is 15.5. The number of hydrogen-bond donors (Lipinski definition) is 0. The van der Waals surface area contributed by atoms with Crippen molar-refractivity contribution in [3.05, 3.63) is 35.4 Å². The predicted molar refractivity (Wildman–Crippen MR) is 130 cm³/mol. The van der Waals surface area contributed by atoms with Crippen LogP contribution in [0.3, 0.4) is 0 Å². The van der Waals surface area contributed by atoms with Gasteiger partial charge in [0, 0.05) is 0 Å². The Bertz CT molecular complexity index is 578. The maximum absolute atomic E-state index is 12.2. The van der Waals surface area contributed by atoms with Crippen LogP contribution in [0.5, 0.6) is 0 Å². The first kappa shape index (κ1) is 28.1. The van der Waals surface area contributed by atoms with Crippen molar-refractivity contribution in [2.45, 2.75) is 65.2 Å². The smallest absolute Gasteiger partial charge is 0.338 e. The van der Waals surface area contributed by atoms with Crippen molar-refractivity contribution in [2.75, 3.05) is 53.5 Å². The molecule has 0 amide bonds. The molecule has 0 spiro atoms. The molecular weight excluding hydrogens is 404 g/mol. The summed E-state index contributed by atoms with van der Waals surface area (Å²) in [5.74, 6) is -0.701. The lowest BCUT2D eigenvalue weighted by atomic mass is 10.1. The van der Waals surface area contributed by atoms with Crippen LogP contribution < -0.4 is 0 Å². The summed E-state index contributed by atoms with van der Waals surface area (Å²) in [5.41, 5.74) is 0.911. The van der Waals surface area contributed by atoms with Gasteiger partial charge in [-0.05, 0) is 103 Å². The van der Waals surface area contributed by atoms with Gasteiger partial charge in [-0.15, -0.1) is 0 Å². The van der Waals surface area contributed by atoms with Gasteiger partial charge in [-0.2, -0.15) is 0 Å². The summed E-state index contributed by atoms with van der Waals surface area (Å²) in [6, 6.07) is 6.50. The van der Waals surface area contributed by atoms with E-state index in [1.165, 1.54) is 25.7 Å². The second-order valence-electron chi connectivity index (χ2n) is 8.58. The molecule has 1 rings (SSSR count). The Morgan fingerprint density at radius 2 is 0.969 bits per heavy atom. The van der Waals surface area contributed by atoms with Crippen molar-refractivity contribution < 1.29 is 19.1 Å². The number of ether oxygens (including phenoxy) is 2. The monoisotopic (exact) mass is 448 g/mol. The molecule has 32 heavy (non-hydrogen) atoms. The number of carbonyl (C=O) groups excluding carboxylic acids is 2. The molecule has 0 aliphatic heterocycles. The molecule has 0 N–H and O–H groups in total. The van der Waals surface area contributed by atoms with Crippen LogP contribution in [0.2, 0.25) is 0 Å². The van der Waals surface area contributed by atoms with Gasteiger partial charge >= 0.3 is 11.9 Å². The van der Waals surface area contributed by atoms with Gasteiger partial charge in [0.05, 0.1) is 24.3 Å². The third-order valence-corrected chi connectivity index (χ3v) is 5.48. The molecule has 0 saturated carbocycles. The van der Waals surface area contributed by atoms with E-state index in [9.17, 15) is 9.59 Å².